The maximum absolute atomic E-state index is 13.8. The molecule has 1 rings (SSSR count). The Bertz CT molecular complexity index is 369. The van der Waals surface area contributed by atoms with Crippen molar-refractivity contribution in [1.82, 2.24) is 14.9 Å². The lowest BCUT2D eigenvalue weighted by molar-refractivity contribution is 0.355. The smallest absolute Gasteiger partial charge is 0.186 e. The third kappa shape index (κ3) is 4.56. The Kier molecular flexibility index (Phi) is 5.47. The Balaban J connectivity index is 2.78. The highest BCUT2D eigenvalue weighted by Crippen LogP contribution is 2.16. The molecule has 1 heterocycles. The average Bonchev–Trinajstić information content (AvgIpc) is 2.23. The van der Waals surface area contributed by atoms with Crippen LogP contribution in [0.3, 0.4) is 0 Å². The van der Waals surface area contributed by atoms with Gasteiger partial charge in [0.25, 0.3) is 0 Å². The first-order valence-electron chi connectivity index (χ1n) is 6.28. The number of rotatable bonds is 6. The maximum atomic E-state index is 13.8. The number of likely N-dealkylation sites (N-methyl/N-ethyl adjacent to an activating group) is 1. The number of anilines is 1. The van der Waals surface area contributed by atoms with Crippen LogP contribution in [0.5, 0.6) is 0 Å². The van der Waals surface area contributed by atoms with Crippen molar-refractivity contribution >= 4 is 5.82 Å². The first-order valence-corrected chi connectivity index (χ1v) is 6.28. The molecule has 1 aromatic heterocycles. The standard InChI is InChI=1S/C13H23FN4/c1-9(2)6-11(7-18(4)5)17-13-12(14)10(3)15-8-16-13/h8-9,11H,6-7H2,1-5H3,(H,15,16,17). The van der Waals surface area contributed by atoms with Crippen molar-refractivity contribution in [2.75, 3.05) is 26.0 Å². The molecule has 1 atom stereocenters. The van der Waals surface area contributed by atoms with Crippen LogP contribution in [0.15, 0.2) is 6.33 Å². The second kappa shape index (κ2) is 6.64. The molecule has 0 spiro atoms. The fourth-order valence-corrected chi connectivity index (χ4v) is 1.94. The number of hydrogen-bond acceptors (Lipinski definition) is 4. The van der Waals surface area contributed by atoms with Crippen molar-refractivity contribution in [2.24, 2.45) is 5.92 Å². The summed E-state index contributed by atoms with van der Waals surface area (Å²) in [5.74, 6) is 0.494. The maximum Gasteiger partial charge on any atom is 0.186 e. The van der Waals surface area contributed by atoms with Crippen molar-refractivity contribution in [1.29, 1.82) is 0 Å². The molecule has 0 amide bonds. The van der Waals surface area contributed by atoms with Crippen molar-refractivity contribution in [3.05, 3.63) is 17.8 Å². The number of halogens is 1. The summed E-state index contributed by atoms with van der Waals surface area (Å²) in [5.41, 5.74) is 0.376. The Morgan fingerprint density at radius 1 is 1.33 bits per heavy atom. The van der Waals surface area contributed by atoms with E-state index in [2.05, 4.69) is 34.0 Å². The molecule has 0 bridgehead atoms. The molecule has 0 radical (unpaired) electrons. The molecule has 4 nitrogen and oxygen atoms in total. The lowest BCUT2D eigenvalue weighted by atomic mass is 10.0. The van der Waals surface area contributed by atoms with E-state index in [0.29, 0.717) is 17.4 Å². The van der Waals surface area contributed by atoms with Gasteiger partial charge in [0.1, 0.15) is 6.33 Å². The van der Waals surface area contributed by atoms with Crippen molar-refractivity contribution in [3.63, 3.8) is 0 Å². The van der Waals surface area contributed by atoms with Gasteiger partial charge < -0.3 is 10.2 Å². The molecule has 0 aromatic carbocycles. The van der Waals surface area contributed by atoms with Crippen molar-refractivity contribution in [2.45, 2.75) is 33.2 Å². The zero-order chi connectivity index (χ0) is 13.7. The normalized spacial score (nSPS) is 13.1. The minimum Gasteiger partial charge on any atom is -0.364 e. The second-order valence-electron chi connectivity index (χ2n) is 5.35. The Hall–Kier alpha value is -1.23. The van der Waals surface area contributed by atoms with Gasteiger partial charge in [0.2, 0.25) is 0 Å². The molecule has 0 aliphatic carbocycles. The predicted octanol–water partition coefficient (Wildman–Crippen LogP) is 2.31. The summed E-state index contributed by atoms with van der Waals surface area (Å²) in [5, 5.41) is 3.18. The molecule has 1 aromatic rings. The first kappa shape index (κ1) is 14.8. The van der Waals surface area contributed by atoms with Gasteiger partial charge in [-0.05, 0) is 33.4 Å². The molecule has 0 fully saturated rings. The van der Waals surface area contributed by atoms with Crippen LogP contribution in [0.4, 0.5) is 10.2 Å². The highest BCUT2D eigenvalue weighted by Gasteiger charge is 2.15. The third-order valence-electron chi connectivity index (χ3n) is 2.65. The zero-order valence-corrected chi connectivity index (χ0v) is 11.9. The monoisotopic (exact) mass is 254 g/mol. The van der Waals surface area contributed by atoms with Crippen LogP contribution in [0.25, 0.3) is 0 Å². The number of aryl methyl sites for hydroxylation is 1. The van der Waals surface area contributed by atoms with Gasteiger partial charge in [-0.2, -0.15) is 0 Å². The van der Waals surface area contributed by atoms with Crippen LogP contribution in [-0.2, 0) is 0 Å². The van der Waals surface area contributed by atoms with E-state index in [-0.39, 0.29) is 11.9 Å². The minimum atomic E-state index is -0.356. The van der Waals surface area contributed by atoms with E-state index in [4.69, 9.17) is 0 Å². The largest absolute Gasteiger partial charge is 0.364 e. The highest BCUT2D eigenvalue weighted by molar-refractivity contribution is 5.38. The van der Waals surface area contributed by atoms with Gasteiger partial charge in [0.05, 0.1) is 5.69 Å². The number of hydrogen-bond donors (Lipinski definition) is 1. The third-order valence-corrected chi connectivity index (χ3v) is 2.65. The summed E-state index contributed by atoms with van der Waals surface area (Å²) < 4.78 is 13.8. The molecule has 1 N–H and O–H groups in total. The number of nitrogens with zero attached hydrogens (tertiary/aromatic N) is 3. The van der Waals surface area contributed by atoms with Crippen LogP contribution in [-0.4, -0.2) is 41.5 Å². The molecule has 0 aliphatic rings. The van der Waals surface area contributed by atoms with Crippen LogP contribution in [0, 0.1) is 18.7 Å². The van der Waals surface area contributed by atoms with Crippen molar-refractivity contribution in [3.8, 4) is 0 Å². The lowest BCUT2D eigenvalue weighted by Crippen LogP contribution is -2.34. The summed E-state index contributed by atoms with van der Waals surface area (Å²) in [6.45, 7) is 6.81. The van der Waals surface area contributed by atoms with Crippen LogP contribution in [0.1, 0.15) is 26.0 Å². The lowest BCUT2D eigenvalue weighted by Gasteiger charge is -2.24. The number of aromatic nitrogens is 2. The Morgan fingerprint density at radius 3 is 2.56 bits per heavy atom. The van der Waals surface area contributed by atoms with Gasteiger partial charge in [-0.1, -0.05) is 13.8 Å². The molecular weight excluding hydrogens is 231 g/mol. The van der Waals surface area contributed by atoms with E-state index < -0.39 is 0 Å². The summed E-state index contributed by atoms with van der Waals surface area (Å²) >= 11 is 0. The quantitative estimate of drug-likeness (QED) is 0.846. The minimum absolute atomic E-state index is 0.184. The second-order valence-corrected chi connectivity index (χ2v) is 5.35. The Morgan fingerprint density at radius 2 is 2.00 bits per heavy atom. The van der Waals surface area contributed by atoms with Gasteiger partial charge in [-0.3, -0.25) is 0 Å². The number of nitrogens with one attached hydrogen (secondary N) is 1. The van der Waals surface area contributed by atoms with Gasteiger partial charge in [-0.15, -0.1) is 0 Å². The summed E-state index contributed by atoms with van der Waals surface area (Å²) in [4.78, 5) is 9.90. The van der Waals surface area contributed by atoms with E-state index in [1.165, 1.54) is 6.33 Å². The molecule has 0 saturated carbocycles. The first-order chi connectivity index (χ1) is 8.40. The SMILES string of the molecule is Cc1ncnc(NC(CC(C)C)CN(C)C)c1F. The van der Waals surface area contributed by atoms with E-state index in [1.54, 1.807) is 6.92 Å². The van der Waals surface area contributed by atoms with Crippen LogP contribution >= 0.6 is 0 Å². The van der Waals surface area contributed by atoms with Gasteiger partial charge in [0, 0.05) is 12.6 Å². The molecule has 0 aliphatic heterocycles. The van der Waals surface area contributed by atoms with Gasteiger partial charge in [0.15, 0.2) is 11.6 Å². The fourth-order valence-electron chi connectivity index (χ4n) is 1.94. The topological polar surface area (TPSA) is 41.1 Å². The Labute approximate surface area is 109 Å². The molecule has 0 saturated heterocycles. The van der Waals surface area contributed by atoms with E-state index >= 15 is 0 Å². The summed E-state index contributed by atoms with van der Waals surface area (Å²) in [6.07, 6.45) is 2.36. The van der Waals surface area contributed by atoms with E-state index in [0.717, 1.165) is 13.0 Å². The summed E-state index contributed by atoms with van der Waals surface area (Å²) in [7, 11) is 4.02. The average molecular weight is 254 g/mol. The van der Waals surface area contributed by atoms with Gasteiger partial charge >= 0.3 is 0 Å². The predicted molar refractivity (Wildman–Crippen MR) is 72.1 cm³/mol. The van der Waals surface area contributed by atoms with Crippen LogP contribution < -0.4 is 5.32 Å². The fraction of sp³-hybridized carbons (Fsp3) is 0.692. The van der Waals surface area contributed by atoms with Crippen molar-refractivity contribution < 1.29 is 4.39 Å². The van der Waals surface area contributed by atoms with E-state index in [9.17, 15) is 4.39 Å². The molecule has 18 heavy (non-hydrogen) atoms. The van der Waals surface area contributed by atoms with Gasteiger partial charge in [-0.25, -0.2) is 14.4 Å². The zero-order valence-electron chi connectivity index (χ0n) is 11.9. The molecular formula is C13H23FN4. The summed E-state index contributed by atoms with van der Waals surface area (Å²) in [6, 6.07) is 0.184. The molecule has 102 valence electrons. The highest BCUT2D eigenvalue weighted by atomic mass is 19.1. The molecule has 5 heteroatoms. The van der Waals surface area contributed by atoms with Crippen LogP contribution in [0.2, 0.25) is 0 Å². The van der Waals surface area contributed by atoms with E-state index in [1.807, 2.05) is 14.1 Å². The molecule has 1 unspecified atom stereocenters.